The minimum absolute atomic E-state index is 0.00437. The van der Waals surface area contributed by atoms with Crippen molar-refractivity contribution in [2.45, 2.75) is 44.2 Å². The number of rotatable bonds is 11. The molecule has 0 spiro atoms. The smallest absolute Gasteiger partial charge is 0.293 e. The van der Waals surface area contributed by atoms with E-state index in [-0.39, 0.29) is 66.4 Å². The number of carbonyl (C=O) groups excluding carboxylic acids is 1. The number of nitrogens with zero attached hydrogens (tertiary/aromatic N) is 6. The first-order valence-corrected chi connectivity index (χ1v) is 21.5. The van der Waals surface area contributed by atoms with Crippen molar-refractivity contribution in [2.24, 2.45) is 18.9 Å². The molecule has 7 aromatic rings. The number of nitrogens with one attached hydrogen (secondary N) is 2. The number of aryl methyl sites for hydroxylation is 1. The summed E-state index contributed by atoms with van der Waals surface area (Å²) in [6, 6.07) is 13.7. The molecule has 2 aliphatic rings. The second-order valence-electron chi connectivity index (χ2n) is 15.7. The summed E-state index contributed by atoms with van der Waals surface area (Å²) in [5.74, 6) is -10.6. The standard InChI is InChI=1S/C42H32ClF7N8O4S/c1-18-31-33-35(38(47)48)53-57(37(33)42(49,50)34(18)31)17-30(59)51-28(14-19-12-21(44)16-22(45)13-19)40-52-27-15-20(23-6-4-5-7-26(23)46)8-9-24(27)41(60)58(40)29-11-10-25(43)32-36(29)56(2)54-39(32)55-63(3,61)62/h4-13,15-16,18,28,31,34,38H,14,17H2,1-3H3,(H,51,59)(H,54,55)/t18-,28+,31-,34-/m1/s1. The maximum absolute atomic E-state index is 15.8. The number of aromatic nitrogens is 6. The van der Waals surface area contributed by atoms with Gasteiger partial charge in [-0.1, -0.05) is 42.8 Å². The quantitative estimate of drug-likeness (QED) is 0.125. The lowest BCUT2D eigenvalue weighted by Gasteiger charge is -2.24. The number of alkyl halides is 4. The van der Waals surface area contributed by atoms with Crippen molar-refractivity contribution in [1.82, 2.24) is 34.4 Å². The van der Waals surface area contributed by atoms with Crippen LogP contribution in [0, 0.1) is 29.3 Å². The molecule has 3 aromatic heterocycles. The van der Waals surface area contributed by atoms with Crippen LogP contribution in [0.5, 0.6) is 0 Å². The van der Waals surface area contributed by atoms with Crippen molar-refractivity contribution in [3.63, 3.8) is 0 Å². The van der Waals surface area contributed by atoms with Crippen LogP contribution in [0.2, 0.25) is 5.02 Å². The summed E-state index contributed by atoms with van der Waals surface area (Å²) in [5.41, 5.74) is -2.42. The van der Waals surface area contributed by atoms with Crippen molar-refractivity contribution in [1.29, 1.82) is 0 Å². The molecule has 1 fully saturated rings. The summed E-state index contributed by atoms with van der Waals surface area (Å²) in [5, 5.41) is 10.7. The van der Waals surface area contributed by atoms with Gasteiger partial charge in [-0.05, 0) is 59.5 Å². The van der Waals surface area contributed by atoms with E-state index in [0.29, 0.717) is 10.7 Å². The largest absolute Gasteiger partial charge is 0.344 e. The Kier molecular flexibility index (Phi) is 9.96. The van der Waals surface area contributed by atoms with Gasteiger partial charge in [0.05, 0.1) is 44.8 Å². The molecule has 2 N–H and O–H groups in total. The van der Waals surface area contributed by atoms with Crippen molar-refractivity contribution >= 4 is 55.2 Å². The minimum Gasteiger partial charge on any atom is -0.344 e. The Balaban J connectivity index is 1.26. The summed E-state index contributed by atoms with van der Waals surface area (Å²) in [7, 11) is -2.50. The molecule has 4 aromatic carbocycles. The molecular weight excluding hydrogens is 881 g/mol. The number of fused-ring (bicyclic) bond motifs is 5. The van der Waals surface area contributed by atoms with Gasteiger partial charge in [-0.3, -0.25) is 28.2 Å². The highest BCUT2D eigenvalue weighted by Gasteiger charge is 2.71. The van der Waals surface area contributed by atoms with Crippen LogP contribution in [0.15, 0.2) is 77.6 Å². The summed E-state index contributed by atoms with van der Waals surface area (Å²) in [6.07, 6.45) is -2.86. The summed E-state index contributed by atoms with van der Waals surface area (Å²) in [6.45, 7) is 0.499. The number of amides is 1. The zero-order valence-electron chi connectivity index (χ0n) is 33.0. The number of halogens is 8. The second-order valence-corrected chi connectivity index (χ2v) is 17.9. The van der Waals surface area contributed by atoms with Crippen LogP contribution in [-0.4, -0.2) is 49.7 Å². The van der Waals surface area contributed by atoms with E-state index in [1.165, 1.54) is 67.2 Å². The predicted molar refractivity (Wildman–Crippen MR) is 218 cm³/mol. The Labute approximate surface area is 357 Å². The first kappa shape index (κ1) is 42.0. The Morgan fingerprint density at radius 2 is 1.70 bits per heavy atom. The van der Waals surface area contributed by atoms with E-state index in [4.69, 9.17) is 16.6 Å². The second kappa shape index (κ2) is 14.9. The average Bonchev–Trinajstić information content (AvgIpc) is 3.42. The Morgan fingerprint density at radius 3 is 2.38 bits per heavy atom. The molecule has 9 rings (SSSR count). The van der Waals surface area contributed by atoms with Gasteiger partial charge in [0.25, 0.3) is 17.9 Å². The molecule has 3 heterocycles. The molecule has 0 radical (unpaired) electrons. The predicted octanol–water partition coefficient (Wildman–Crippen LogP) is 8.07. The number of carbonyl (C=O) groups is 1. The number of sulfonamides is 1. The lowest BCUT2D eigenvalue weighted by molar-refractivity contribution is -0.123. The maximum Gasteiger partial charge on any atom is 0.293 e. The maximum atomic E-state index is 15.8. The number of hydrogen-bond donors (Lipinski definition) is 2. The third-order valence-corrected chi connectivity index (χ3v) is 12.4. The molecule has 2 aliphatic carbocycles. The average molecular weight is 913 g/mol. The van der Waals surface area contributed by atoms with Gasteiger partial charge in [0, 0.05) is 42.5 Å². The molecule has 0 bridgehead atoms. The van der Waals surface area contributed by atoms with Crippen molar-refractivity contribution in [3.05, 3.63) is 134 Å². The van der Waals surface area contributed by atoms with E-state index in [2.05, 4.69) is 20.2 Å². The lowest BCUT2D eigenvalue weighted by atomic mass is 10.0. The van der Waals surface area contributed by atoms with Gasteiger partial charge in [-0.15, -0.1) is 0 Å². The Morgan fingerprint density at radius 1 is 0.984 bits per heavy atom. The van der Waals surface area contributed by atoms with Crippen LogP contribution in [0.3, 0.4) is 0 Å². The van der Waals surface area contributed by atoms with Gasteiger partial charge >= 0.3 is 0 Å². The topological polar surface area (TPSA) is 146 Å². The summed E-state index contributed by atoms with van der Waals surface area (Å²) in [4.78, 5) is 34.0. The molecular formula is C42H32ClF7N8O4S. The van der Waals surface area contributed by atoms with Crippen LogP contribution < -0.4 is 15.6 Å². The first-order valence-electron chi connectivity index (χ1n) is 19.2. The molecule has 21 heteroatoms. The molecule has 63 heavy (non-hydrogen) atoms. The minimum atomic E-state index is -3.93. The Hall–Kier alpha value is -6.28. The number of anilines is 1. The van der Waals surface area contributed by atoms with Crippen molar-refractivity contribution in [2.75, 3.05) is 11.0 Å². The SMILES string of the molecule is C[C@@H]1[C@@H]2c3c(C(F)F)nn(CC(=O)N[C@@H](Cc4cc(F)cc(F)c4)c4nc5cc(-c6ccccc6F)ccc5c(=O)n4-c4ccc(Cl)c5c(NS(C)(=O)=O)nn(C)c45)c3C(F)(F)[C@H]12. The molecule has 0 saturated heterocycles. The Bertz CT molecular complexity index is 3230. The van der Waals surface area contributed by atoms with Crippen molar-refractivity contribution in [3.8, 4) is 16.8 Å². The first-order chi connectivity index (χ1) is 29.7. The molecule has 0 aliphatic heterocycles. The third kappa shape index (κ3) is 7.17. The summed E-state index contributed by atoms with van der Waals surface area (Å²) >= 11 is 6.61. The van der Waals surface area contributed by atoms with E-state index in [9.17, 15) is 35.6 Å². The van der Waals surface area contributed by atoms with Crippen LogP contribution in [-0.2, 0) is 40.8 Å². The van der Waals surface area contributed by atoms with Gasteiger partial charge < -0.3 is 5.32 Å². The highest BCUT2D eigenvalue weighted by atomic mass is 35.5. The van der Waals surface area contributed by atoms with E-state index < -0.39 is 99.4 Å². The van der Waals surface area contributed by atoms with Crippen molar-refractivity contribution < 1.29 is 43.9 Å². The van der Waals surface area contributed by atoms with E-state index in [0.717, 1.165) is 23.0 Å². The molecule has 1 amide bonds. The monoisotopic (exact) mass is 912 g/mol. The fourth-order valence-corrected chi connectivity index (χ4v) is 9.67. The van der Waals surface area contributed by atoms with Gasteiger partial charge in [0.1, 0.15) is 41.2 Å². The van der Waals surface area contributed by atoms with E-state index in [1.54, 1.807) is 6.07 Å². The van der Waals surface area contributed by atoms with Crippen LogP contribution in [0.4, 0.5) is 36.6 Å². The highest BCUT2D eigenvalue weighted by Crippen LogP contribution is 2.71. The molecule has 1 saturated carbocycles. The van der Waals surface area contributed by atoms with Gasteiger partial charge in [0.15, 0.2) is 5.82 Å². The van der Waals surface area contributed by atoms with E-state index in [1.807, 2.05) is 0 Å². The number of benzene rings is 4. The van der Waals surface area contributed by atoms with Gasteiger partial charge in [-0.2, -0.15) is 19.0 Å². The molecule has 12 nitrogen and oxygen atoms in total. The lowest BCUT2D eigenvalue weighted by Crippen LogP contribution is -2.38. The van der Waals surface area contributed by atoms with Crippen LogP contribution >= 0.6 is 11.6 Å². The zero-order valence-corrected chi connectivity index (χ0v) is 34.5. The van der Waals surface area contributed by atoms with Gasteiger partial charge in [-0.25, -0.2) is 35.4 Å². The summed E-state index contributed by atoms with van der Waals surface area (Å²) < 4.78 is 134. The fourth-order valence-electron chi connectivity index (χ4n) is 8.93. The third-order valence-electron chi connectivity index (χ3n) is 11.5. The van der Waals surface area contributed by atoms with Crippen LogP contribution in [0.25, 0.3) is 38.6 Å². The molecule has 4 atom stereocenters. The van der Waals surface area contributed by atoms with Gasteiger partial charge in [0.2, 0.25) is 15.9 Å². The van der Waals surface area contributed by atoms with E-state index >= 15 is 13.2 Å². The fraction of sp³-hybridized carbons (Fsp3) is 0.262. The molecule has 326 valence electrons. The molecule has 0 unspecified atom stereocenters. The number of hydrogen-bond acceptors (Lipinski definition) is 7. The highest BCUT2D eigenvalue weighted by molar-refractivity contribution is 7.92. The zero-order chi connectivity index (χ0) is 45.0. The normalized spacial score (nSPS) is 18.2. The van der Waals surface area contributed by atoms with Crippen LogP contribution in [0.1, 0.15) is 53.6 Å².